The van der Waals surface area contributed by atoms with E-state index in [1.807, 2.05) is 4.40 Å². The van der Waals surface area contributed by atoms with Gasteiger partial charge in [0.15, 0.2) is 16.1 Å². The summed E-state index contributed by atoms with van der Waals surface area (Å²) in [5.41, 5.74) is 1.18. The maximum absolute atomic E-state index is 12.3. The Balaban J connectivity index is 1.85. The van der Waals surface area contributed by atoms with E-state index in [4.69, 9.17) is 0 Å². The normalized spacial score (nSPS) is 17.1. The van der Waals surface area contributed by atoms with E-state index in [1.54, 1.807) is 7.05 Å². The number of hydrogen-bond acceptors (Lipinski definition) is 5. The van der Waals surface area contributed by atoms with Crippen LogP contribution in [-0.2, 0) is 13.6 Å². The first kappa shape index (κ1) is 14.6. The van der Waals surface area contributed by atoms with Crippen molar-refractivity contribution in [1.82, 2.24) is 23.8 Å². The van der Waals surface area contributed by atoms with Gasteiger partial charge in [0.05, 0.1) is 0 Å². The van der Waals surface area contributed by atoms with Crippen LogP contribution in [0.15, 0.2) is 15.0 Å². The zero-order valence-corrected chi connectivity index (χ0v) is 13.9. The van der Waals surface area contributed by atoms with Crippen LogP contribution in [0.2, 0.25) is 0 Å². The molecular weight excluding hydrogens is 314 g/mol. The van der Waals surface area contributed by atoms with Crippen molar-refractivity contribution in [3.05, 3.63) is 31.9 Å². The van der Waals surface area contributed by atoms with Crippen molar-refractivity contribution in [2.24, 2.45) is 7.05 Å². The lowest BCUT2D eigenvalue weighted by Crippen LogP contribution is -2.29. The molecule has 1 N–H and O–H groups in total. The number of rotatable bonds is 2. The molecular formula is C15H19N5O2S. The maximum atomic E-state index is 12.3. The van der Waals surface area contributed by atoms with Crippen molar-refractivity contribution < 1.29 is 0 Å². The monoisotopic (exact) mass is 333 g/mol. The van der Waals surface area contributed by atoms with Gasteiger partial charge >= 0.3 is 5.69 Å². The van der Waals surface area contributed by atoms with Crippen molar-refractivity contribution in [1.29, 1.82) is 0 Å². The van der Waals surface area contributed by atoms with E-state index >= 15 is 0 Å². The lowest BCUT2D eigenvalue weighted by Gasteiger charge is -2.19. The molecule has 0 spiro atoms. The van der Waals surface area contributed by atoms with Crippen molar-refractivity contribution in [3.63, 3.8) is 0 Å². The van der Waals surface area contributed by atoms with Gasteiger partial charge in [-0.15, -0.1) is 11.3 Å². The number of likely N-dealkylation sites (tertiary alicyclic amines) is 1. The molecule has 1 saturated heterocycles. The van der Waals surface area contributed by atoms with E-state index in [-0.39, 0.29) is 5.56 Å². The Kier molecular flexibility index (Phi) is 3.57. The second-order valence-corrected chi connectivity index (χ2v) is 6.97. The second kappa shape index (κ2) is 5.61. The molecule has 1 fully saturated rings. The molecule has 7 nitrogen and oxygen atoms in total. The SMILES string of the molecule is Cn1c(=O)[nH]c(=O)c2c1nc1scc(CN3CCCCCC3)n12. The number of nitrogens with one attached hydrogen (secondary N) is 1. The molecule has 3 aromatic rings. The van der Waals surface area contributed by atoms with E-state index in [0.29, 0.717) is 11.2 Å². The summed E-state index contributed by atoms with van der Waals surface area (Å²) in [5.74, 6) is 0. The summed E-state index contributed by atoms with van der Waals surface area (Å²) in [7, 11) is 1.63. The molecule has 3 aromatic heterocycles. The molecule has 122 valence electrons. The van der Waals surface area contributed by atoms with Gasteiger partial charge < -0.3 is 0 Å². The smallest absolute Gasteiger partial charge is 0.298 e. The van der Waals surface area contributed by atoms with E-state index < -0.39 is 5.69 Å². The summed E-state index contributed by atoms with van der Waals surface area (Å²) in [4.78, 5) is 34.1. The summed E-state index contributed by atoms with van der Waals surface area (Å²) in [6.45, 7) is 3.01. The Morgan fingerprint density at radius 1 is 1.22 bits per heavy atom. The molecule has 0 atom stereocenters. The molecule has 0 saturated carbocycles. The maximum Gasteiger partial charge on any atom is 0.329 e. The summed E-state index contributed by atoms with van der Waals surface area (Å²) < 4.78 is 3.30. The Hall–Kier alpha value is -1.93. The van der Waals surface area contributed by atoms with Crippen molar-refractivity contribution in [2.75, 3.05) is 13.1 Å². The average Bonchev–Trinajstić information content (AvgIpc) is 2.97. The van der Waals surface area contributed by atoms with Crippen LogP contribution in [0.1, 0.15) is 31.4 Å². The van der Waals surface area contributed by atoms with Crippen LogP contribution in [0.5, 0.6) is 0 Å². The van der Waals surface area contributed by atoms with E-state index in [0.717, 1.165) is 30.3 Å². The standard InChI is InChI=1S/C15H19N5O2S/c1-18-12-11(13(21)17-14(18)22)20-10(9-23-15(20)16-12)8-19-6-4-2-3-5-7-19/h9H,2-8H2,1H3,(H,17,21,22). The van der Waals surface area contributed by atoms with Gasteiger partial charge in [-0.1, -0.05) is 12.8 Å². The van der Waals surface area contributed by atoms with E-state index in [1.165, 1.54) is 41.6 Å². The fourth-order valence-electron chi connectivity index (χ4n) is 3.31. The minimum atomic E-state index is -0.428. The zero-order valence-electron chi connectivity index (χ0n) is 13.0. The number of H-pyrrole nitrogens is 1. The van der Waals surface area contributed by atoms with Gasteiger partial charge in [-0.3, -0.25) is 23.6 Å². The van der Waals surface area contributed by atoms with Crippen LogP contribution < -0.4 is 11.2 Å². The molecule has 23 heavy (non-hydrogen) atoms. The first-order valence-corrected chi connectivity index (χ1v) is 8.83. The number of thiazole rings is 1. The highest BCUT2D eigenvalue weighted by molar-refractivity contribution is 7.15. The topological polar surface area (TPSA) is 75.4 Å². The zero-order chi connectivity index (χ0) is 16.0. The van der Waals surface area contributed by atoms with Crippen molar-refractivity contribution >= 4 is 27.5 Å². The third-order valence-corrected chi connectivity index (χ3v) is 5.43. The molecule has 0 aromatic carbocycles. The number of aromatic nitrogens is 4. The van der Waals surface area contributed by atoms with Gasteiger partial charge in [-0.25, -0.2) is 9.78 Å². The molecule has 0 amide bonds. The molecule has 0 aliphatic carbocycles. The first-order valence-electron chi connectivity index (χ1n) is 7.95. The Bertz CT molecular complexity index is 971. The molecule has 4 heterocycles. The van der Waals surface area contributed by atoms with E-state index in [9.17, 15) is 9.59 Å². The second-order valence-electron chi connectivity index (χ2n) is 6.14. The largest absolute Gasteiger partial charge is 0.329 e. The Morgan fingerprint density at radius 3 is 2.70 bits per heavy atom. The number of aryl methyl sites for hydroxylation is 1. The van der Waals surface area contributed by atoms with E-state index in [2.05, 4.69) is 20.2 Å². The predicted molar refractivity (Wildman–Crippen MR) is 90.2 cm³/mol. The minimum absolute atomic E-state index is 0.369. The van der Waals surface area contributed by atoms with Gasteiger partial charge in [0, 0.05) is 24.7 Å². The molecule has 0 radical (unpaired) electrons. The van der Waals surface area contributed by atoms with Crippen LogP contribution >= 0.6 is 11.3 Å². The minimum Gasteiger partial charge on any atom is -0.298 e. The van der Waals surface area contributed by atoms with Gasteiger partial charge in [-0.2, -0.15) is 0 Å². The highest BCUT2D eigenvalue weighted by atomic mass is 32.1. The molecule has 8 heteroatoms. The summed E-state index contributed by atoms with van der Waals surface area (Å²) >= 11 is 1.51. The number of nitrogens with zero attached hydrogens (tertiary/aromatic N) is 4. The summed E-state index contributed by atoms with van der Waals surface area (Å²) in [6.07, 6.45) is 5.05. The van der Waals surface area contributed by atoms with Gasteiger partial charge in [0.2, 0.25) is 0 Å². The highest BCUT2D eigenvalue weighted by Crippen LogP contribution is 2.22. The van der Waals surface area contributed by atoms with Crippen LogP contribution in [0.25, 0.3) is 16.1 Å². The Labute approximate surface area is 136 Å². The van der Waals surface area contributed by atoms with Crippen LogP contribution in [0.3, 0.4) is 0 Å². The van der Waals surface area contributed by atoms with Crippen molar-refractivity contribution in [3.8, 4) is 0 Å². The highest BCUT2D eigenvalue weighted by Gasteiger charge is 2.18. The van der Waals surface area contributed by atoms with Crippen LogP contribution in [-0.4, -0.2) is 36.9 Å². The number of aromatic amines is 1. The molecule has 4 rings (SSSR count). The number of fused-ring (bicyclic) bond motifs is 3. The molecule has 0 unspecified atom stereocenters. The lowest BCUT2D eigenvalue weighted by molar-refractivity contribution is 0.273. The third-order valence-electron chi connectivity index (χ3n) is 4.56. The Morgan fingerprint density at radius 2 is 1.96 bits per heavy atom. The first-order chi connectivity index (χ1) is 11.1. The quantitative estimate of drug-likeness (QED) is 0.767. The van der Waals surface area contributed by atoms with Gasteiger partial charge in [-0.05, 0) is 25.9 Å². The van der Waals surface area contributed by atoms with Gasteiger partial charge in [0.1, 0.15) is 0 Å². The van der Waals surface area contributed by atoms with Crippen LogP contribution in [0, 0.1) is 0 Å². The summed E-state index contributed by atoms with van der Waals surface area (Å²) in [6, 6.07) is 0. The third kappa shape index (κ3) is 2.42. The fourth-order valence-corrected chi connectivity index (χ4v) is 4.19. The fraction of sp³-hybridized carbons (Fsp3) is 0.533. The predicted octanol–water partition coefficient (Wildman–Crippen LogP) is 1.31. The summed E-state index contributed by atoms with van der Waals surface area (Å²) in [5, 5.41) is 2.07. The average molecular weight is 333 g/mol. The number of imidazole rings is 1. The van der Waals surface area contributed by atoms with Crippen molar-refractivity contribution in [2.45, 2.75) is 32.2 Å². The van der Waals surface area contributed by atoms with Gasteiger partial charge in [0.25, 0.3) is 5.56 Å². The molecule has 0 bridgehead atoms. The lowest BCUT2D eigenvalue weighted by atomic mass is 10.2. The van der Waals surface area contributed by atoms with Crippen LogP contribution in [0.4, 0.5) is 0 Å². The molecule has 1 aliphatic heterocycles. The number of hydrogen-bond donors (Lipinski definition) is 1. The molecule has 1 aliphatic rings.